The van der Waals surface area contributed by atoms with Gasteiger partial charge in [-0.2, -0.15) is 0 Å². The third kappa shape index (κ3) is 3.06. The zero-order valence-electron chi connectivity index (χ0n) is 11.3. The van der Waals surface area contributed by atoms with E-state index < -0.39 is 0 Å². The highest BCUT2D eigenvalue weighted by Gasteiger charge is 2.18. The van der Waals surface area contributed by atoms with E-state index in [0.717, 1.165) is 0 Å². The van der Waals surface area contributed by atoms with Gasteiger partial charge in [0.05, 0.1) is 5.69 Å². The maximum Gasteiger partial charge on any atom is 0.0572 e. The van der Waals surface area contributed by atoms with E-state index >= 15 is 0 Å². The van der Waals surface area contributed by atoms with E-state index in [2.05, 4.69) is 42.8 Å². The second-order valence-electron chi connectivity index (χ2n) is 5.44. The van der Waals surface area contributed by atoms with Crippen molar-refractivity contribution >= 4 is 0 Å². The molecule has 2 heteroatoms. The Hall–Kier alpha value is -0.890. The molecule has 1 aromatic heterocycles. The van der Waals surface area contributed by atoms with Crippen LogP contribution in [0.2, 0.25) is 0 Å². The van der Waals surface area contributed by atoms with E-state index in [9.17, 15) is 0 Å². The van der Waals surface area contributed by atoms with E-state index in [-0.39, 0.29) is 0 Å². The number of likely N-dealkylation sites (tertiary alicyclic amines) is 1. The number of nitrogens with zero attached hydrogens (tertiary/aromatic N) is 2. The predicted molar refractivity (Wildman–Crippen MR) is 72.2 cm³/mol. The SMILES string of the molecule is CC(C)c1ccc(C(C)N2CCCCC2)nc1. The highest BCUT2D eigenvalue weighted by molar-refractivity contribution is 5.18. The molecule has 2 nitrogen and oxygen atoms in total. The number of hydrogen-bond donors (Lipinski definition) is 0. The van der Waals surface area contributed by atoms with Crippen molar-refractivity contribution in [1.82, 2.24) is 9.88 Å². The third-order valence-electron chi connectivity index (χ3n) is 3.84. The highest BCUT2D eigenvalue weighted by atomic mass is 15.2. The number of aromatic nitrogens is 1. The fourth-order valence-corrected chi connectivity index (χ4v) is 2.50. The van der Waals surface area contributed by atoms with Crippen LogP contribution in [0.15, 0.2) is 18.3 Å². The topological polar surface area (TPSA) is 16.1 Å². The van der Waals surface area contributed by atoms with Gasteiger partial charge in [0.1, 0.15) is 0 Å². The van der Waals surface area contributed by atoms with Gasteiger partial charge in [0.25, 0.3) is 0 Å². The van der Waals surface area contributed by atoms with Gasteiger partial charge in [-0.15, -0.1) is 0 Å². The molecule has 0 bridgehead atoms. The Balaban J connectivity index is 2.05. The smallest absolute Gasteiger partial charge is 0.0572 e. The lowest BCUT2D eigenvalue weighted by Crippen LogP contribution is -2.32. The van der Waals surface area contributed by atoms with Crippen LogP contribution < -0.4 is 0 Å². The predicted octanol–water partition coefficient (Wildman–Crippen LogP) is 3.75. The first-order valence-corrected chi connectivity index (χ1v) is 6.88. The minimum atomic E-state index is 0.469. The number of pyridine rings is 1. The van der Waals surface area contributed by atoms with Crippen molar-refractivity contribution in [1.29, 1.82) is 0 Å². The zero-order chi connectivity index (χ0) is 12.3. The van der Waals surface area contributed by atoms with Crippen LogP contribution in [0, 0.1) is 0 Å². The van der Waals surface area contributed by atoms with Crippen LogP contribution >= 0.6 is 0 Å². The van der Waals surface area contributed by atoms with Crippen LogP contribution in [0.1, 0.15) is 63.3 Å². The maximum absolute atomic E-state index is 4.63. The van der Waals surface area contributed by atoms with Crippen molar-refractivity contribution < 1.29 is 0 Å². The molecule has 1 aliphatic heterocycles. The van der Waals surface area contributed by atoms with Gasteiger partial charge >= 0.3 is 0 Å². The summed E-state index contributed by atoms with van der Waals surface area (Å²) in [4.78, 5) is 7.19. The Morgan fingerprint density at radius 2 is 1.76 bits per heavy atom. The standard InChI is InChI=1S/C15H24N2/c1-12(2)14-7-8-15(16-11-14)13(3)17-9-5-4-6-10-17/h7-8,11-13H,4-6,9-10H2,1-3H3. The first-order chi connectivity index (χ1) is 8.18. The van der Waals surface area contributed by atoms with E-state index in [4.69, 9.17) is 0 Å². The lowest BCUT2D eigenvalue weighted by Gasteiger charge is -2.32. The molecular weight excluding hydrogens is 208 g/mol. The van der Waals surface area contributed by atoms with Gasteiger partial charge in [0.15, 0.2) is 0 Å². The Morgan fingerprint density at radius 3 is 2.29 bits per heavy atom. The Bertz CT molecular complexity index is 336. The molecule has 0 spiro atoms. The van der Waals surface area contributed by atoms with Crippen LogP contribution in [0.3, 0.4) is 0 Å². The average Bonchev–Trinajstić information content (AvgIpc) is 2.39. The van der Waals surface area contributed by atoms with Crippen molar-refractivity contribution in [2.75, 3.05) is 13.1 Å². The van der Waals surface area contributed by atoms with Crippen molar-refractivity contribution in [2.24, 2.45) is 0 Å². The molecule has 2 rings (SSSR count). The largest absolute Gasteiger partial charge is 0.295 e. The van der Waals surface area contributed by atoms with E-state index in [1.807, 2.05) is 6.20 Å². The molecule has 1 saturated heterocycles. The molecule has 17 heavy (non-hydrogen) atoms. The zero-order valence-corrected chi connectivity index (χ0v) is 11.3. The second kappa shape index (κ2) is 5.63. The lowest BCUT2D eigenvalue weighted by atomic mass is 10.0. The molecular formula is C15H24N2. The van der Waals surface area contributed by atoms with Crippen LogP contribution in [-0.4, -0.2) is 23.0 Å². The summed E-state index contributed by atoms with van der Waals surface area (Å²) in [6.45, 7) is 9.17. The van der Waals surface area contributed by atoms with Gasteiger partial charge < -0.3 is 0 Å². The third-order valence-corrected chi connectivity index (χ3v) is 3.84. The van der Waals surface area contributed by atoms with Crippen LogP contribution in [0.4, 0.5) is 0 Å². The van der Waals surface area contributed by atoms with Gasteiger partial charge in [-0.05, 0) is 50.4 Å². The van der Waals surface area contributed by atoms with Crippen LogP contribution in [0.25, 0.3) is 0 Å². The van der Waals surface area contributed by atoms with Gasteiger partial charge in [-0.25, -0.2) is 0 Å². The minimum absolute atomic E-state index is 0.469. The number of rotatable bonds is 3. The summed E-state index contributed by atoms with van der Waals surface area (Å²) < 4.78 is 0. The van der Waals surface area contributed by atoms with Gasteiger partial charge in [-0.3, -0.25) is 9.88 Å². The minimum Gasteiger partial charge on any atom is -0.295 e. The summed E-state index contributed by atoms with van der Waals surface area (Å²) in [7, 11) is 0. The fourth-order valence-electron chi connectivity index (χ4n) is 2.50. The Kier molecular flexibility index (Phi) is 4.16. The molecule has 2 heterocycles. The Labute approximate surface area is 105 Å². The van der Waals surface area contributed by atoms with E-state index in [0.29, 0.717) is 12.0 Å². The molecule has 0 N–H and O–H groups in total. The Morgan fingerprint density at radius 1 is 1.06 bits per heavy atom. The molecule has 0 saturated carbocycles. The first-order valence-electron chi connectivity index (χ1n) is 6.88. The maximum atomic E-state index is 4.63. The summed E-state index contributed by atoms with van der Waals surface area (Å²) >= 11 is 0. The van der Waals surface area contributed by atoms with Crippen LogP contribution in [-0.2, 0) is 0 Å². The highest BCUT2D eigenvalue weighted by Crippen LogP contribution is 2.23. The van der Waals surface area contributed by atoms with Gasteiger partial charge in [-0.1, -0.05) is 26.3 Å². The van der Waals surface area contributed by atoms with Crippen molar-refractivity contribution in [3.8, 4) is 0 Å². The van der Waals surface area contributed by atoms with Crippen molar-refractivity contribution in [3.05, 3.63) is 29.6 Å². The molecule has 1 aliphatic rings. The summed E-state index contributed by atoms with van der Waals surface area (Å²) in [5.41, 5.74) is 2.55. The molecule has 1 aromatic rings. The summed E-state index contributed by atoms with van der Waals surface area (Å²) in [6, 6.07) is 4.90. The van der Waals surface area contributed by atoms with Gasteiger partial charge in [0.2, 0.25) is 0 Å². The fraction of sp³-hybridized carbons (Fsp3) is 0.667. The number of piperidine rings is 1. The number of hydrogen-bond acceptors (Lipinski definition) is 2. The van der Waals surface area contributed by atoms with Crippen LogP contribution in [0.5, 0.6) is 0 Å². The van der Waals surface area contributed by atoms with Gasteiger partial charge in [0, 0.05) is 12.2 Å². The molecule has 1 fully saturated rings. The quantitative estimate of drug-likeness (QED) is 0.789. The lowest BCUT2D eigenvalue weighted by molar-refractivity contribution is 0.172. The summed E-state index contributed by atoms with van der Waals surface area (Å²) in [6.07, 6.45) is 6.12. The van der Waals surface area contributed by atoms with Crippen molar-refractivity contribution in [3.63, 3.8) is 0 Å². The molecule has 1 atom stereocenters. The molecule has 0 aliphatic carbocycles. The average molecular weight is 232 g/mol. The summed E-state index contributed by atoms with van der Waals surface area (Å²) in [5, 5.41) is 0. The normalized spacial score (nSPS) is 19.5. The molecule has 0 amide bonds. The molecule has 0 radical (unpaired) electrons. The molecule has 0 aromatic carbocycles. The van der Waals surface area contributed by atoms with Crippen molar-refractivity contribution in [2.45, 2.75) is 52.0 Å². The monoisotopic (exact) mass is 232 g/mol. The second-order valence-corrected chi connectivity index (χ2v) is 5.44. The first kappa shape index (κ1) is 12.6. The molecule has 94 valence electrons. The molecule has 1 unspecified atom stereocenters. The van der Waals surface area contributed by atoms with E-state index in [1.54, 1.807) is 0 Å². The summed E-state index contributed by atoms with van der Waals surface area (Å²) in [5.74, 6) is 0.571. The van der Waals surface area contributed by atoms with E-state index in [1.165, 1.54) is 43.6 Å².